The molecule has 2 aromatic rings. The van der Waals surface area contributed by atoms with Crippen molar-refractivity contribution < 1.29 is 4.74 Å². The fraction of sp³-hybridized carbons (Fsp3) is 0.353. The summed E-state index contributed by atoms with van der Waals surface area (Å²) >= 11 is 4.23. The summed E-state index contributed by atoms with van der Waals surface area (Å²) in [5, 5.41) is 0. The number of pyridine rings is 1. The molecule has 0 saturated carbocycles. The number of hydrogen-bond donors (Lipinski definition) is 1. The zero-order valence-corrected chi connectivity index (χ0v) is 13.6. The number of rotatable bonds is 5. The smallest absolute Gasteiger partial charge is 0.255 e. The molecule has 3 nitrogen and oxygen atoms in total. The molecule has 0 saturated heterocycles. The standard InChI is InChI=1S/C17H21NO2S/c1-4-20-16-8-6-5-7-14(16)15-10-9-13(11-21)17(19)18(15)12(2)3/h5-10,12,21H,4,11H2,1-3H3. The number of hydrogen-bond acceptors (Lipinski definition) is 3. The molecule has 4 heteroatoms. The van der Waals surface area contributed by atoms with E-state index in [-0.39, 0.29) is 11.6 Å². The second kappa shape index (κ2) is 6.85. The lowest BCUT2D eigenvalue weighted by Gasteiger charge is -2.19. The van der Waals surface area contributed by atoms with E-state index < -0.39 is 0 Å². The molecule has 1 aromatic carbocycles. The van der Waals surface area contributed by atoms with E-state index in [1.807, 2.05) is 61.7 Å². The van der Waals surface area contributed by atoms with Gasteiger partial charge in [0.15, 0.2) is 0 Å². The van der Waals surface area contributed by atoms with E-state index in [1.165, 1.54) is 0 Å². The van der Waals surface area contributed by atoms with Gasteiger partial charge in [0.05, 0.1) is 12.3 Å². The van der Waals surface area contributed by atoms with Crippen LogP contribution >= 0.6 is 12.6 Å². The van der Waals surface area contributed by atoms with Crippen molar-refractivity contribution in [1.82, 2.24) is 4.57 Å². The summed E-state index contributed by atoms with van der Waals surface area (Å²) in [7, 11) is 0. The van der Waals surface area contributed by atoms with E-state index >= 15 is 0 Å². The molecule has 0 amide bonds. The maximum absolute atomic E-state index is 12.6. The molecule has 0 aliphatic heterocycles. The summed E-state index contributed by atoms with van der Waals surface area (Å²) < 4.78 is 7.50. The summed E-state index contributed by atoms with van der Waals surface area (Å²) in [6.07, 6.45) is 0. The van der Waals surface area contributed by atoms with Crippen molar-refractivity contribution in [2.75, 3.05) is 6.61 Å². The van der Waals surface area contributed by atoms with Crippen molar-refractivity contribution in [2.24, 2.45) is 0 Å². The molecule has 0 aliphatic carbocycles. The van der Waals surface area contributed by atoms with Crippen LogP contribution in [-0.4, -0.2) is 11.2 Å². The number of thiol groups is 1. The molecule has 2 rings (SSSR count). The predicted molar refractivity (Wildman–Crippen MR) is 90.4 cm³/mol. The molecule has 1 aromatic heterocycles. The fourth-order valence-corrected chi connectivity index (χ4v) is 2.65. The zero-order valence-electron chi connectivity index (χ0n) is 12.7. The summed E-state index contributed by atoms with van der Waals surface area (Å²) in [4.78, 5) is 12.6. The quantitative estimate of drug-likeness (QED) is 0.849. The van der Waals surface area contributed by atoms with Crippen LogP contribution in [0.25, 0.3) is 11.3 Å². The highest BCUT2D eigenvalue weighted by atomic mass is 32.1. The minimum absolute atomic E-state index is 0.0174. The van der Waals surface area contributed by atoms with Crippen LogP contribution in [0.5, 0.6) is 5.75 Å². The van der Waals surface area contributed by atoms with E-state index in [1.54, 1.807) is 0 Å². The fourth-order valence-electron chi connectivity index (χ4n) is 2.41. The number of benzene rings is 1. The van der Waals surface area contributed by atoms with Gasteiger partial charge in [0, 0.05) is 22.9 Å². The van der Waals surface area contributed by atoms with Gasteiger partial charge in [-0.25, -0.2) is 0 Å². The van der Waals surface area contributed by atoms with Crippen LogP contribution in [0.2, 0.25) is 0 Å². The molecule has 0 bridgehead atoms. The summed E-state index contributed by atoms with van der Waals surface area (Å²) in [6, 6.07) is 11.7. The van der Waals surface area contributed by atoms with Gasteiger partial charge < -0.3 is 9.30 Å². The van der Waals surface area contributed by atoms with E-state index in [0.717, 1.165) is 17.0 Å². The zero-order chi connectivity index (χ0) is 15.4. The first-order chi connectivity index (χ1) is 10.1. The first-order valence-electron chi connectivity index (χ1n) is 7.17. The van der Waals surface area contributed by atoms with Gasteiger partial charge in [-0.15, -0.1) is 0 Å². The average Bonchev–Trinajstić information content (AvgIpc) is 2.47. The Morgan fingerprint density at radius 1 is 1.19 bits per heavy atom. The Balaban J connectivity index is 2.70. The lowest BCUT2D eigenvalue weighted by molar-refractivity contribution is 0.341. The lowest BCUT2D eigenvalue weighted by Crippen LogP contribution is -2.26. The Bertz CT molecular complexity index is 677. The van der Waals surface area contributed by atoms with Crippen LogP contribution in [-0.2, 0) is 5.75 Å². The molecular weight excluding hydrogens is 282 g/mol. The largest absolute Gasteiger partial charge is 0.493 e. The first-order valence-corrected chi connectivity index (χ1v) is 7.80. The SMILES string of the molecule is CCOc1ccccc1-c1ccc(CS)c(=O)n1C(C)C. The molecule has 0 fully saturated rings. The normalized spacial score (nSPS) is 10.9. The summed E-state index contributed by atoms with van der Waals surface area (Å²) in [6.45, 7) is 6.57. The average molecular weight is 303 g/mol. The maximum Gasteiger partial charge on any atom is 0.255 e. The molecular formula is C17H21NO2S. The van der Waals surface area contributed by atoms with Crippen LogP contribution < -0.4 is 10.3 Å². The Morgan fingerprint density at radius 2 is 1.90 bits per heavy atom. The Morgan fingerprint density at radius 3 is 2.52 bits per heavy atom. The van der Waals surface area contributed by atoms with Crippen LogP contribution in [0.3, 0.4) is 0 Å². The van der Waals surface area contributed by atoms with E-state index in [2.05, 4.69) is 12.6 Å². The van der Waals surface area contributed by atoms with Crippen molar-refractivity contribution >= 4 is 12.6 Å². The number of aromatic nitrogens is 1. The molecule has 1 heterocycles. The van der Waals surface area contributed by atoms with Crippen LogP contribution in [0.4, 0.5) is 0 Å². The van der Waals surface area contributed by atoms with Gasteiger partial charge >= 0.3 is 0 Å². The van der Waals surface area contributed by atoms with Crippen LogP contribution in [0.15, 0.2) is 41.2 Å². The number of nitrogens with zero attached hydrogens (tertiary/aromatic N) is 1. The number of para-hydroxylation sites is 1. The third-order valence-corrected chi connectivity index (χ3v) is 3.69. The Kier molecular flexibility index (Phi) is 5.12. The van der Waals surface area contributed by atoms with Gasteiger partial charge in [-0.3, -0.25) is 4.79 Å². The van der Waals surface area contributed by atoms with Crippen molar-refractivity contribution in [2.45, 2.75) is 32.6 Å². The second-order valence-corrected chi connectivity index (χ2v) is 5.42. The lowest BCUT2D eigenvalue weighted by atomic mass is 10.1. The first kappa shape index (κ1) is 15.7. The van der Waals surface area contributed by atoms with Crippen molar-refractivity contribution in [3.05, 3.63) is 52.3 Å². The molecule has 0 aliphatic rings. The van der Waals surface area contributed by atoms with Gasteiger partial charge in [-0.1, -0.05) is 18.2 Å². The molecule has 0 unspecified atom stereocenters. The second-order valence-electron chi connectivity index (χ2n) is 5.10. The van der Waals surface area contributed by atoms with Crippen molar-refractivity contribution in [3.63, 3.8) is 0 Å². The highest BCUT2D eigenvalue weighted by Gasteiger charge is 2.15. The van der Waals surface area contributed by atoms with Gasteiger partial charge in [0.25, 0.3) is 5.56 Å². The van der Waals surface area contributed by atoms with E-state index in [0.29, 0.717) is 17.9 Å². The molecule has 112 valence electrons. The molecule has 0 radical (unpaired) electrons. The maximum atomic E-state index is 12.6. The third kappa shape index (κ3) is 3.16. The van der Waals surface area contributed by atoms with Crippen LogP contribution in [0.1, 0.15) is 32.4 Å². The molecule has 21 heavy (non-hydrogen) atoms. The molecule has 0 N–H and O–H groups in total. The van der Waals surface area contributed by atoms with Gasteiger partial charge in [-0.05, 0) is 39.0 Å². The predicted octanol–water partition coefficient (Wildman–Crippen LogP) is 3.92. The van der Waals surface area contributed by atoms with Crippen LogP contribution in [0, 0.1) is 0 Å². The monoisotopic (exact) mass is 303 g/mol. The molecule has 0 atom stereocenters. The van der Waals surface area contributed by atoms with E-state index in [9.17, 15) is 4.79 Å². The van der Waals surface area contributed by atoms with Crippen molar-refractivity contribution in [1.29, 1.82) is 0 Å². The highest BCUT2D eigenvalue weighted by molar-refractivity contribution is 7.79. The Hall–Kier alpha value is -1.68. The topological polar surface area (TPSA) is 31.2 Å². The van der Waals surface area contributed by atoms with Crippen molar-refractivity contribution in [3.8, 4) is 17.0 Å². The Labute approximate surface area is 131 Å². The molecule has 0 spiro atoms. The summed E-state index contributed by atoms with van der Waals surface area (Å²) in [5.74, 6) is 1.24. The third-order valence-electron chi connectivity index (χ3n) is 3.35. The van der Waals surface area contributed by atoms with Gasteiger partial charge in [0.1, 0.15) is 5.75 Å². The van der Waals surface area contributed by atoms with Gasteiger partial charge in [0.2, 0.25) is 0 Å². The highest BCUT2D eigenvalue weighted by Crippen LogP contribution is 2.30. The summed E-state index contributed by atoms with van der Waals surface area (Å²) in [5.41, 5.74) is 2.55. The van der Waals surface area contributed by atoms with E-state index in [4.69, 9.17) is 4.74 Å². The number of ether oxygens (including phenoxy) is 1. The minimum atomic E-state index is 0.0174. The minimum Gasteiger partial charge on any atom is -0.493 e. The van der Waals surface area contributed by atoms with Gasteiger partial charge in [-0.2, -0.15) is 12.6 Å².